The second-order valence-corrected chi connectivity index (χ2v) is 5.30. The summed E-state index contributed by atoms with van der Waals surface area (Å²) in [5.74, 6) is 0. The van der Waals surface area contributed by atoms with Crippen LogP contribution in [0.3, 0.4) is 0 Å². The summed E-state index contributed by atoms with van der Waals surface area (Å²) in [6.07, 6.45) is 4.83. The van der Waals surface area contributed by atoms with Crippen LogP contribution >= 0.6 is 0 Å². The van der Waals surface area contributed by atoms with Crippen molar-refractivity contribution in [3.05, 3.63) is 0 Å². The molecular weight excluding hydrogens is 200 g/mol. The van der Waals surface area contributed by atoms with Gasteiger partial charge in [-0.25, -0.2) is 0 Å². The minimum Gasteiger partial charge on any atom is -0.378 e. The van der Waals surface area contributed by atoms with Gasteiger partial charge in [0.25, 0.3) is 0 Å². The first-order valence-corrected chi connectivity index (χ1v) is 6.33. The minimum absolute atomic E-state index is 0.171. The number of nitrogens with zero attached hydrogens (tertiary/aromatic N) is 1. The molecule has 3 nitrogen and oxygen atoms in total. The van der Waals surface area contributed by atoms with Gasteiger partial charge in [-0.1, -0.05) is 0 Å². The Balaban J connectivity index is 1.96. The highest BCUT2D eigenvalue weighted by molar-refractivity contribution is 4.92. The molecule has 0 aromatic heterocycles. The van der Waals surface area contributed by atoms with E-state index in [9.17, 15) is 0 Å². The normalized spacial score (nSPS) is 24.9. The fourth-order valence-corrected chi connectivity index (χ4v) is 2.00. The first-order chi connectivity index (χ1) is 7.57. The van der Waals surface area contributed by atoms with Crippen LogP contribution in [0.15, 0.2) is 0 Å². The van der Waals surface area contributed by atoms with Crippen molar-refractivity contribution in [2.24, 2.45) is 5.41 Å². The Hall–Kier alpha value is -0.590. The van der Waals surface area contributed by atoms with Crippen LogP contribution < -0.4 is 5.32 Å². The van der Waals surface area contributed by atoms with E-state index in [1.807, 2.05) is 20.8 Å². The van der Waals surface area contributed by atoms with Gasteiger partial charge in [0.2, 0.25) is 0 Å². The van der Waals surface area contributed by atoms with Gasteiger partial charge in [0, 0.05) is 12.6 Å². The van der Waals surface area contributed by atoms with E-state index in [4.69, 9.17) is 10.00 Å². The van der Waals surface area contributed by atoms with Gasteiger partial charge in [-0.2, -0.15) is 5.26 Å². The van der Waals surface area contributed by atoms with Crippen molar-refractivity contribution < 1.29 is 4.74 Å². The van der Waals surface area contributed by atoms with Crippen LogP contribution in [0.5, 0.6) is 0 Å². The molecular formula is C13H24N2O. The largest absolute Gasteiger partial charge is 0.378 e. The highest BCUT2D eigenvalue weighted by atomic mass is 16.5. The van der Waals surface area contributed by atoms with Gasteiger partial charge in [0.05, 0.1) is 17.6 Å². The number of hydrogen-bond donors (Lipinski definition) is 1. The van der Waals surface area contributed by atoms with Crippen LogP contribution in [0.4, 0.5) is 0 Å². The van der Waals surface area contributed by atoms with E-state index in [0.717, 1.165) is 38.8 Å². The van der Waals surface area contributed by atoms with Crippen LogP contribution in [0, 0.1) is 16.7 Å². The summed E-state index contributed by atoms with van der Waals surface area (Å²) in [6.45, 7) is 7.90. The molecule has 0 radical (unpaired) electrons. The molecule has 16 heavy (non-hydrogen) atoms. The average Bonchev–Trinajstić information content (AvgIpc) is 2.20. The summed E-state index contributed by atoms with van der Waals surface area (Å²) < 4.78 is 5.50. The predicted octanol–water partition coefficient (Wildman–Crippen LogP) is 2.47. The zero-order valence-electron chi connectivity index (χ0n) is 10.8. The molecule has 0 aliphatic heterocycles. The van der Waals surface area contributed by atoms with Crippen molar-refractivity contribution in [3.63, 3.8) is 0 Å². The average molecular weight is 224 g/mol. The topological polar surface area (TPSA) is 45.0 Å². The molecule has 1 N–H and O–H groups in total. The fourth-order valence-electron chi connectivity index (χ4n) is 2.00. The monoisotopic (exact) mass is 224 g/mol. The lowest BCUT2D eigenvalue weighted by Crippen LogP contribution is -2.45. The van der Waals surface area contributed by atoms with Crippen molar-refractivity contribution in [3.8, 4) is 6.07 Å². The number of rotatable bonds is 7. The summed E-state index contributed by atoms with van der Waals surface area (Å²) in [4.78, 5) is 0. The van der Waals surface area contributed by atoms with Crippen LogP contribution in [0.1, 0.15) is 46.5 Å². The molecule has 0 bridgehead atoms. The Morgan fingerprint density at radius 1 is 1.44 bits per heavy atom. The molecule has 0 saturated heterocycles. The summed E-state index contributed by atoms with van der Waals surface area (Å²) in [7, 11) is 0. The molecule has 0 spiro atoms. The van der Waals surface area contributed by atoms with Crippen molar-refractivity contribution in [2.45, 2.75) is 58.6 Å². The Bertz CT molecular complexity index is 239. The first-order valence-electron chi connectivity index (χ1n) is 6.33. The minimum atomic E-state index is -0.171. The third-order valence-electron chi connectivity index (χ3n) is 3.21. The van der Waals surface area contributed by atoms with Gasteiger partial charge in [0.1, 0.15) is 0 Å². The van der Waals surface area contributed by atoms with Gasteiger partial charge in [-0.3, -0.25) is 0 Å². The van der Waals surface area contributed by atoms with E-state index >= 15 is 0 Å². The number of nitrogens with one attached hydrogen (secondary N) is 1. The zero-order chi connectivity index (χ0) is 12.0. The van der Waals surface area contributed by atoms with E-state index in [-0.39, 0.29) is 5.41 Å². The SMILES string of the molecule is CCOC1CC(NCCCC(C)(C)C#N)C1. The maximum atomic E-state index is 8.87. The Morgan fingerprint density at radius 3 is 2.69 bits per heavy atom. The maximum absolute atomic E-state index is 8.87. The fraction of sp³-hybridized carbons (Fsp3) is 0.923. The Kier molecular flexibility index (Phi) is 5.24. The van der Waals surface area contributed by atoms with Gasteiger partial charge < -0.3 is 10.1 Å². The van der Waals surface area contributed by atoms with Crippen molar-refractivity contribution in [1.29, 1.82) is 5.26 Å². The quantitative estimate of drug-likeness (QED) is 0.676. The highest BCUT2D eigenvalue weighted by Crippen LogP contribution is 2.24. The zero-order valence-corrected chi connectivity index (χ0v) is 10.8. The number of hydrogen-bond acceptors (Lipinski definition) is 3. The van der Waals surface area contributed by atoms with Gasteiger partial charge >= 0.3 is 0 Å². The molecule has 0 heterocycles. The Labute approximate surface area is 99.2 Å². The van der Waals surface area contributed by atoms with Crippen molar-refractivity contribution in [2.75, 3.05) is 13.2 Å². The second kappa shape index (κ2) is 6.22. The predicted molar refractivity (Wildman–Crippen MR) is 65.1 cm³/mol. The molecule has 1 saturated carbocycles. The molecule has 1 rings (SSSR count). The van der Waals surface area contributed by atoms with Crippen molar-refractivity contribution in [1.82, 2.24) is 5.32 Å². The molecule has 0 aromatic carbocycles. The number of ether oxygens (including phenoxy) is 1. The molecule has 1 aliphatic carbocycles. The summed E-state index contributed by atoms with van der Waals surface area (Å²) in [6, 6.07) is 2.97. The first kappa shape index (κ1) is 13.5. The van der Waals surface area contributed by atoms with Gasteiger partial charge in [0.15, 0.2) is 0 Å². The van der Waals surface area contributed by atoms with Crippen molar-refractivity contribution >= 4 is 0 Å². The van der Waals surface area contributed by atoms with Crippen LogP contribution in [0.2, 0.25) is 0 Å². The Morgan fingerprint density at radius 2 is 2.12 bits per heavy atom. The van der Waals surface area contributed by atoms with E-state index < -0.39 is 0 Å². The van der Waals surface area contributed by atoms with E-state index in [1.165, 1.54) is 0 Å². The lowest BCUT2D eigenvalue weighted by atomic mass is 9.88. The second-order valence-electron chi connectivity index (χ2n) is 5.30. The molecule has 0 aromatic rings. The van der Waals surface area contributed by atoms with E-state index in [1.54, 1.807) is 0 Å². The molecule has 1 aliphatic rings. The molecule has 3 heteroatoms. The third-order valence-corrected chi connectivity index (χ3v) is 3.21. The molecule has 0 atom stereocenters. The van der Waals surface area contributed by atoms with Crippen LogP contribution in [-0.4, -0.2) is 25.3 Å². The maximum Gasteiger partial charge on any atom is 0.0683 e. The smallest absolute Gasteiger partial charge is 0.0683 e. The van der Waals surface area contributed by atoms with E-state index in [0.29, 0.717) is 12.1 Å². The lowest BCUT2D eigenvalue weighted by molar-refractivity contribution is -0.00983. The van der Waals surface area contributed by atoms with Gasteiger partial charge in [-0.15, -0.1) is 0 Å². The summed E-state index contributed by atoms with van der Waals surface area (Å²) in [5, 5.41) is 12.4. The lowest BCUT2D eigenvalue weighted by Gasteiger charge is -2.35. The van der Waals surface area contributed by atoms with E-state index in [2.05, 4.69) is 11.4 Å². The molecule has 92 valence electrons. The summed E-state index contributed by atoms with van der Waals surface area (Å²) in [5.41, 5.74) is -0.171. The molecule has 0 unspecified atom stereocenters. The van der Waals surface area contributed by atoms with Gasteiger partial charge in [-0.05, 0) is 53.0 Å². The summed E-state index contributed by atoms with van der Waals surface area (Å²) >= 11 is 0. The highest BCUT2D eigenvalue weighted by Gasteiger charge is 2.28. The third kappa shape index (κ3) is 4.51. The molecule has 1 fully saturated rings. The number of nitriles is 1. The molecule has 0 amide bonds. The van der Waals surface area contributed by atoms with Crippen LogP contribution in [-0.2, 0) is 4.74 Å². The standard InChI is InChI=1S/C13H24N2O/c1-4-16-12-8-11(9-12)15-7-5-6-13(2,3)10-14/h11-12,15H,4-9H2,1-3H3. The van der Waals surface area contributed by atoms with Crippen LogP contribution in [0.25, 0.3) is 0 Å².